The van der Waals surface area contributed by atoms with Gasteiger partial charge in [0.2, 0.25) is 5.95 Å². The van der Waals surface area contributed by atoms with E-state index in [9.17, 15) is 0 Å². The predicted molar refractivity (Wildman–Crippen MR) is 67.6 cm³/mol. The topological polar surface area (TPSA) is 98.3 Å². The van der Waals surface area contributed by atoms with Crippen LogP contribution in [0.15, 0.2) is 18.7 Å². The fourth-order valence-electron chi connectivity index (χ4n) is 1.90. The van der Waals surface area contributed by atoms with E-state index in [1.54, 1.807) is 12.5 Å². The van der Waals surface area contributed by atoms with Crippen molar-refractivity contribution in [2.75, 3.05) is 5.73 Å². The van der Waals surface area contributed by atoms with E-state index in [4.69, 9.17) is 5.73 Å². The van der Waals surface area contributed by atoms with Crippen molar-refractivity contribution < 1.29 is 0 Å². The van der Waals surface area contributed by atoms with Gasteiger partial charge in [-0.25, -0.2) is 9.97 Å². The van der Waals surface area contributed by atoms with Gasteiger partial charge >= 0.3 is 0 Å². The minimum atomic E-state index is 0.216. The summed E-state index contributed by atoms with van der Waals surface area (Å²) in [6.45, 7) is 2.99. The van der Waals surface area contributed by atoms with Crippen LogP contribution in [0.2, 0.25) is 0 Å². The molecule has 0 saturated heterocycles. The first-order chi connectivity index (χ1) is 8.78. The van der Waals surface area contributed by atoms with Crippen molar-refractivity contribution in [1.82, 2.24) is 29.7 Å². The van der Waals surface area contributed by atoms with E-state index in [2.05, 4.69) is 32.0 Å². The van der Waals surface area contributed by atoms with Crippen LogP contribution in [0.25, 0.3) is 22.4 Å². The first-order valence-electron chi connectivity index (χ1n) is 5.77. The molecule has 0 atom stereocenters. The van der Waals surface area contributed by atoms with Crippen LogP contribution in [0.4, 0.5) is 5.95 Å². The summed E-state index contributed by atoms with van der Waals surface area (Å²) in [5.74, 6) is 0.216. The number of aromatic amines is 1. The van der Waals surface area contributed by atoms with Crippen LogP contribution in [-0.4, -0.2) is 29.7 Å². The fraction of sp³-hybridized carbons (Fsp3) is 0.273. The predicted octanol–water partition coefficient (Wildman–Crippen LogP) is 1.21. The second-order valence-electron chi connectivity index (χ2n) is 4.02. The smallest absolute Gasteiger partial charge is 0.222 e. The number of rotatable bonds is 3. The number of aromatic nitrogens is 6. The summed E-state index contributed by atoms with van der Waals surface area (Å²) < 4.78 is 1.88. The molecule has 3 aromatic heterocycles. The standard InChI is InChI=1S/C11H13N7/c1-2-3-18-5-7(4-15-18)8-9-10(14-6-13-9)17-11(12)16-8/h4-6H,2-3H2,1H3,(H3,12,13,14,16,17). The van der Waals surface area contributed by atoms with Crippen LogP contribution in [0.3, 0.4) is 0 Å². The molecule has 0 saturated carbocycles. The maximum absolute atomic E-state index is 5.68. The summed E-state index contributed by atoms with van der Waals surface area (Å²) >= 11 is 0. The van der Waals surface area contributed by atoms with Crippen molar-refractivity contribution in [3.63, 3.8) is 0 Å². The molecule has 0 aromatic carbocycles. The molecule has 0 aliphatic heterocycles. The molecule has 0 unspecified atom stereocenters. The Morgan fingerprint density at radius 1 is 1.39 bits per heavy atom. The molecule has 3 N–H and O–H groups in total. The summed E-state index contributed by atoms with van der Waals surface area (Å²) in [5, 5.41) is 4.28. The molecular formula is C11H13N7. The zero-order valence-corrected chi connectivity index (χ0v) is 9.96. The molecule has 3 heterocycles. The maximum Gasteiger partial charge on any atom is 0.222 e. The van der Waals surface area contributed by atoms with Crippen LogP contribution >= 0.6 is 0 Å². The third kappa shape index (κ3) is 1.69. The SMILES string of the molecule is CCCn1cc(-c2nc(N)nc3nc[nH]c23)cn1. The van der Waals surface area contributed by atoms with E-state index in [0.717, 1.165) is 29.7 Å². The Bertz CT molecular complexity index is 682. The van der Waals surface area contributed by atoms with Gasteiger partial charge in [0.25, 0.3) is 0 Å². The lowest BCUT2D eigenvalue weighted by molar-refractivity contribution is 0.603. The maximum atomic E-state index is 5.68. The van der Waals surface area contributed by atoms with Crippen molar-refractivity contribution in [2.45, 2.75) is 19.9 Å². The monoisotopic (exact) mass is 243 g/mol. The number of nitrogens with zero attached hydrogens (tertiary/aromatic N) is 5. The second-order valence-corrected chi connectivity index (χ2v) is 4.02. The lowest BCUT2D eigenvalue weighted by atomic mass is 10.2. The number of aryl methyl sites for hydroxylation is 1. The van der Waals surface area contributed by atoms with Crippen LogP contribution in [-0.2, 0) is 6.54 Å². The number of hydrogen-bond acceptors (Lipinski definition) is 5. The van der Waals surface area contributed by atoms with E-state index in [1.807, 2.05) is 10.9 Å². The minimum Gasteiger partial charge on any atom is -0.368 e. The van der Waals surface area contributed by atoms with E-state index in [0.29, 0.717) is 5.65 Å². The zero-order valence-electron chi connectivity index (χ0n) is 9.96. The Morgan fingerprint density at radius 3 is 3.11 bits per heavy atom. The van der Waals surface area contributed by atoms with Gasteiger partial charge in [0.05, 0.1) is 12.5 Å². The quantitative estimate of drug-likeness (QED) is 0.720. The van der Waals surface area contributed by atoms with Gasteiger partial charge in [-0.3, -0.25) is 4.68 Å². The van der Waals surface area contributed by atoms with Gasteiger partial charge in [-0.05, 0) is 6.42 Å². The Labute approximate surface area is 103 Å². The molecule has 7 nitrogen and oxygen atoms in total. The second kappa shape index (κ2) is 4.10. The molecule has 3 aromatic rings. The number of hydrogen-bond donors (Lipinski definition) is 2. The summed E-state index contributed by atoms with van der Waals surface area (Å²) in [6, 6.07) is 0. The van der Waals surface area contributed by atoms with Gasteiger partial charge in [-0.1, -0.05) is 6.92 Å². The molecular weight excluding hydrogens is 230 g/mol. The number of imidazole rings is 1. The lowest BCUT2D eigenvalue weighted by Gasteiger charge is -2.00. The number of anilines is 1. The molecule has 92 valence electrons. The molecule has 18 heavy (non-hydrogen) atoms. The number of fused-ring (bicyclic) bond motifs is 1. The summed E-state index contributed by atoms with van der Waals surface area (Å²) in [5.41, 5.74) is 8.67. The number of nitrogen functional groups attached to an aromatic ring is 1. The highest BCUT2D eigenvalue weighted by Crippen LogP contribution is 2.23. The third-order valence-electron chi connectivity index (χ3n) is 2.66. The Morgan fingerprint density at radius 2 is 2.28 bits per heavy atom. The van der Waals surface area contributed by atoms with Crippen molar-refractivity contribution in [1.29, 1.82) is 0 Å². The molecule has 0 bridgehead atoms. The highest BCUT2D eigenvalue weighted by atomic mass is 15.3. The molecule has 0 aliphatic carbocycles. The van der Waals surface area contributed by atoms with E-state index >= 15 is 0 Å². The van der Waals surface area contributed by atoms with Gasteiger partial charge in [0.15, 0.2) is 5.65 Å². The molecule has 0 fully saturated rings. The van der Waals surface area contributed by atoms with Crippen molar-refractivity contribution in [3.8, 4) is 11.3 Å². The van der Waals surface area contributed by atoms with Crippen molar-refractivity contribution >= 4 is 17.1 Å². The molecule has 3 rings (SSSR count). The van der Waals surface area contributed by atoms with Crippen LogP contribution in [0.1, 0.15) is 13.3 Å². The van der Waals surface area contributed by atoms with E-state index in [1.165, 1.54) is 0 Å². The fourth-order valence-corrected chi connectivity index (χ4v) is 1.90. The lowest BCUT2D eigenvalue weighted by Crippen LogP contribution is -1.98. The summed E-state index contributed by atoms with van der Waals surface area (Å²) in [4.78, 5) is 15.4. The van der Waals surface area contributed by atoms with Crippen molar-refractivity contribution in [3.05, 3.63) is 18.7 Å². The number of nitrogens with one attached hydrogen (secondary N) is 1. The average molecular weight is 243 g/mol. The largest absolute Gasteiger partial charge is 0.368 e. The molecule has 7 heteroatoms. The number of nitrogens with two attached hydrogens (primary N) is 1. The normalized spacial score (nSPS) is 11.2. The minimum absolute atomic E-state index is 0.216. The van der Waals surface area contributed by atoms with E-state index < -0.39 is 0 Å². The van der Waals surface area contributed by atoms with Crippen LogP contribution < -0.4 is 5.73 Å². The summed E-state index contributed by atoms with van der Waals surface area (Å²) in [6.07, 6.45) is 6.34. The first-order valence-corrected chi connectivity index (χ1v) is 5.77. The van der Waals surface area contributed by atoms with Crippen LogP contribution in [0, 0.1) is 0 Å². The van der Waals surface area contributed by atoms with Gasteiger partial charge in [-0.15, -0.1) is 0 Å². The van der Waals surface area contributed by atoms with Gasteiger partial charge in [0, 0.05) is 18.3 Å². The van der Waals surface area contributed by atoms with Crippen LogP contribution in [0.5, 0.6) is 0 Å². The molecule has 0 radical (unpaired) electrons. The highest BCUT2D eigenvalue weighted by molar-refractivity contribution is 5.87. The zero-order chi connectivity index (χ0) is 12.5. The Hall–Kier alpha value is -2.44. The third-order valence-corrected chi connectivity index (χ3v) is 2.66. The highest BCUT2D eigenvalue weighted by Gasteiger charge is 2.12. The Balaban J connectivity index is 2.14. The van der Waals surface area contributed by atoms with Gasteiger partial charge < -0.3 is 10.7 Å². The molecule has 0 spiro atoms. The van der Waals surface area contributed by atoms with Gasteiger partial charge in [-0.2, -0.15) is 10.1 Å². The van der Waals surface area contributed by atoms with E-state index in [-0.39, 0.29) is 5.95 Å². The molecule has 0 aliphatic rings. The number of H-pyrrole nitrogens is 1. The summed E-state index contributed by atoms with van der Waals surface area (Å²) in [7, 11) is 0. The Kier molecular flexibility index (Phi) is 2.44. The van der Waals surface area contributed by atoms with Crippen molar-refractivity contribution in [2.24, 2.45) is 0 Å². The first kappa shape index (κ1) is 10.7. The average Bonchev–Trinajstić information content (AvgIpc) is 2.96. The molecule has 0 amide bonds. The van der Waals surface area contributed by atoms with Gasteiger partial charge in [0.1, 0.15) is 11.2 Å².